The average molecular weight is 529 g/mol. The number of amides is 2. The Hall–Kier alpha value is -3.82. The predicted molar refractivity (Wildman–Crippen MR) is 153 cm³/mol. The summed E-state index contributed by atoms with van der Waals surface area (Å²) >= 11 is 1.64. The molecule has 5 rings (SSSR count). The molecule has 0 bridgehead atoms. The number of aromatic nitrogens is 2. The highest BCUT2D eigenvalue weighted by Gasteiger charge is 2.25. The van der Waals surface area contributed by atoms with Gasteiger partial charge in [0.15, 0.2) is 0 Å². The molecule has 1 fully saturated rings. The summed E-state index contributed by atoms with van der Waals surface area (Å²) < 4.78 is 0. The van der Waals surface area contributed by atoms with Gasteiger partial charge in [0.1, 0.15) is 18.2 Å². The minimum Gasteiger partial charge on any atom is -0.353 e. The van der Waals surface area contributed by atoms with Crippen molar-refractivity contribution in [2.45, 2.75) is 12.5 Å². The van der Waals surface area contributed by atoms with Crippen LogP contribution < -0.4 is 10.2 Å². The second-order valence-corrected chi connectivity index (χ2v) is 11.0. The lowest BCUT2D eigenvalue weighted by Crippen LogP contribution is -2.47. The number of carbonyl (C=O) groups is 2. The number of fused-ring (bicyclic) bond motifs is 1. The zero-order valence-corrected chi connectivity index (χ0v) is 22.7. The van der Waals surface area contributed by atoms with Gasteiger partial charge in [-0.05, 0) is 42.9 Å². The van der Waals surface area contributed by atoms with Crippen molar-refractivity contribution in [1.29, 1.82) is 0 Å². The number of thiophene rings is 1. The molecule has 1 aliphatic heterocycles. The van der Waals surface area contributed by atoms with Crippen molar-refractivity contribution in [2.75, 3.05) is 52.2 Å². The van der Waals surface area contributed by atoms with Crippen LogP contribution in [0.1, 0.15) is 15.2 Å². The van der Waals surface area contributed by atoms with E-state index in [1.54, 1.807) is 43.9 Å². The number of piperazine rings is 1. The molecule has 0 spiro atoms. The van der Waals surface area contributed by atoms with E-state index in [0.29, 0.717) is 17.5 Å². The normalized spacial score (nSPS) is 14.9. The van der Waals surface area contributed by atoms with Gasteiger partial charge in [0.2, 0.25) is 5.91 Å². The maximum atomic E-state index is 13.3. The molecule has 2 aromatic heterocycles. The van der Waals surface area contributed by atoms with Crippen LogP contribution in [0.5, 0.6) is 0 Å². The smallest absolute Gasteiger partial charge is 0.252 e. The minimum absolute atomic E-state index is 0.145. The highest BCUT2D eigenvalue weighted by atomic mass is 32.1. The van der Waals surface area contributed by atoms with E-state index in [-0.39, 0.29) is 11.8 Å². The molecule has 0 radical (unpaired) electrons. The van der Waals surface area contributed by atoms with E-state index < -0.39 is 6.04 Å². The van der Waals surface area contributed by atoms with Crippen LogP contribution in [0.4, 0.5) is 5.82 Å². The van der Waals surface area contributed by atoms with Crippen molar-refractivity contribution >= 4 is 39.9 Å². The zero-order chi connectivity index (χ0) is 26.6. The SMILES string of the molecule is CN1CCN(c2ncnc3cc(C(=O)NC(Cc4ccc(-c5ccccc5)s4)C(=O)N(C)C)ccc23)CC1. The molecule has 38 heavy (non-hydrogen) atoms. The Morgan fingerprint density at radius 1 is 1.00 bits per heavy atom. The largest absolute Gasteiger partial charge is 0.353 e. The van der Waals surface area contributed by atoms with Gasteiger partial charge in [-0.3, -0.25) is 9.59 Å². The van der Waals surface area contributed by atoms with Gasteiger partial charge in [-0.2, -0.15) is 0 Å². The first kappa shape index (κ1) is 25.8. The number of benzene rings is 2. The molecule has 2 aromatic carbocycles. The van der Waals surface area contributed by atoms with Crippen LogP contribution in [0, 0.1) is 0 Å². The highest BCUT2D eigenvalue weighted by molar-refractivity contribution is 7.15. The van der Waals surface area contributed by atoms with Crippen LogP contribution in [0.3, 0.4) is 0 Å². The molecule has 2 amide bonds. The van der Waals surface area contributed by atoms with Crippen molar-refractivity contribution < 1.29 is 9.59 Å². The number of rotatable bonds is 7. The summed E-state index contributed by atoms with van der Waals surface area (Å²) in [6, 6.07) is 19.0. The van der Waals surface area contributed by atoms with Crippen LogP contribution >= 0.6 is 11.3 Å². The van der Waals surface area contributed by atoms with Crippen molar-refractivity contribution in [3.05, 3.63) is 77.4 Å². The first-order valence-electron chi connectivity index (χ1n) is 12.7. The second-order valence-electron chi connectivity index (χ2n) is 9.81. The van der Waals surface area contributed by atoms with Gasteiger partial charge < -0.3 is 20.0 Å². The van der Waals surface area contributed by atoms with Gasteiger partial charge in [-0.15, -0.1) is 11.3 Å². The van der Waals surface area contributed by atoms with Gasteiger partial charge in [0, 0.05) is 67.4 Å². The Morgan fingerprint density at radius 2 is 1.76 bits per heavy atom. The van der Waals surface area contributed by atoms with Crippen molar-refractivity contribution in [1.82, 2.24) is 25.1 Å². The number of hydrogen-bond donors (Lipinski definition) is 1. The molecule has 1 saturated heterocycles. The fourth-order valence-corrected chi connectivity index (χ4v) is 5.71. The molecule has 9 heteroatoms. The summed E-state index contributed by atoms with van der Waals surface area (Å²) in [6.45, 7) is 3.75. The second kappa shape index (κ2) is 11.3. The third-order valence-corrected chi connectivity index (χ3v) is 8.01. The van der Waals surface area contributed by atoms with E-state index in [9.17, 15) is 9.59 Å². The molecular weight excluding hydrogens is 496 g/mol. The molecule has 0 aliphatic carbocycles. The molecule has 3 heterocycles. The molecule has 8 nitrogen and oxygen atoms in total. The lowest BCUT2D eigenvalue weighted by Gasteiger charge is -2.33. The van der Waals surface area contributed by atoms with Crippen LogP contribution in [0.15, 0.2) is 67.0 Å². The van der Waals surface area contributed by atoms with Crippen molar-refractivity contribution in [3.8, 4) is 10.4 Å². The Labute approximate surface area is 226 Å². The fraction of sp³-hybridized carbons (Fsp3) is 0.310. The Kier molecular flexibility index (Phi) is 7.67. The minimum atomic E-state index is -0.679. The standard InChI is InChI=1S/C29H32N6O2S/c1-33(2)29(37)25(18-22-10-12-26(38-22)20-7-5-4-6-8-20)32-28(36)21-9-11-23-24(17-21)30-19-31-27(23)35-15-13-34(3)14-16-35/h4-12,17,19,25H,13-16,18H2,1-3H3,(H,32,36). The van der Waals surface area contributed by atoms with Gasteiger partial charge in [0.25, 0.3) is 5.91 Å². The Bertz CT molecular complexity index is 1430. The summed E-state index contributed by atoms with van der Waals surface area (Å²) in [7, 11) is 5.53. The summed E-state index contributed by atoms with van der Waals surface area (Å²) in [5, 5.41) is 3.89. The van der Waals surface area contributed by atoms with E-state index in [4.69, 9.17) is 0 Å². The number of nitrogens with zero attached hydrogens (tertiary/aromatic N) is 5. The predicted octanol–water partition coefficient (Wildman–Crippen LogP) is 3.54. The van der Waals surface area contributed by atoms with E-state index in [1.807, 2.05) is 30.3 Å². The summed E-state index contributed by atoms with van der Waals surface area (Å²) in [6.07, 6.45) is 1.97. The molecule has 0 saturated carbocycles. The van der Waals surface area contributed by atoms with Crippen LogP contribution in [0.2, 0.25) is 0 Å². The third-order valence-electron chi connectivity index (χ3n) is 6.85. The zero-order valence-electron chi connectivity index (χ0n) is 21.9. The van der Waals surface area contributed by atoms with Gasteiger partial charge in [-0.25, -0.2) is 9.97 Å². The number of hydrogen-bond acceptors (Lipinski definition) is 7. The molecule has 196 valence electrons. The van der Waals surface area contributed by atoms with E-state index in [1.165, 1.54) is 4.90 Å². The fourth-order valence-electron chi connectivity index (χ4n) is 4.65. The van der Waals surface area contributed by atoms with Gasteiger partial charge >= 0.3 is 0 Å². The van der Waals surface area contributed by atoms with Crippen LogP contribution in [-0.4, -0.2) is 84.9 Å². The monoisotopic (exact) mass is 528 g/mol. The quantitative estimate of drug-likeness (QED) is 0.395. The maximum absolute atomic E-state index is 13.3. The number of likely N-dealkylation sites (N-methyl/N-ethyl adjacent to an activating group) is 2. The lowest BCUT2D eigenvalue weighted by atomic mass is 10.1. The number of nitrogens with one attached hydrogen (secondary N) is 1. The third kappa shape index (κ3) is 5.69. The van der Waals surface area contributed by atoms with Gasteiger partial charge in [-0.1, -0.05) is 30.3 Å². The van der Waals surface area contributed by atoms with Crippen molar-refractivity contribution in [2.24, 2.45) is 0 Å². The Balaban J connectivity index is 1.35. The molecular formula is C29H32N6O2S. The summed E-state index contributed by atoms with van der Waals surface area (Å²) in [5.41, 5.74) is 2.31. The highest BCUT2D eigenvalue weighted by Crippen LogP contribution is 2.29. The summed E-state index contributed by atoms with van der Waals surface area (Å²) in [4.78, 5) is 43.6. The molecule has 1 unspecified atom stereocenters. The van der Waals surface area contributed by atoms with E-state index in [0.717, 1.165) is 52.7 Å². The molecule has 1 atom stereocenters. The first-order chi connectivity index (χ1) is 18.4. The van der Waals surface area contributed by atoms with Gasteiger partial charge in [0.05, 0.1) is 5.52 Å². The number of anilines is 1. The molecule has 1 aliphatic rings. The van der Waals surface area contributed by atoms with E-state index >= 15 is 0 Å². The van der Waals surface area contributed by atoms with E-state index in [2.05, 4.69) is 50.3 Å². The maximum Gasteiger partial charge on any atom is 0.252 e. The molecule has 1 N–H and O–H groups in total. The number of carbonyl (C=O) groups excluding carboxylic acids is 2. The van der Waals surface area contributed by atoms with Crippen molar-refractivity contribution in [3.63, 3.8) is 0 Å². The van der Waals surface area contributed by atoms with Crippen LogP contribution in [-0.2, 0) is 11.2 Å². The topological polar surface area (TPSA) is 81.7 Å². The lowest BCUT2D eigenvalue weighted by molar-refractivity contribution is -0.130. The molecule has 4 aromatic rings. The average Bonchev–Trinajstić information content (AvgIpc) is 3.41. The van der Waals surface area contributed by atoms with Crippen LogP contribution in [0.25, 0.3) is 21.3 Å². The Morgan fingerprint density at radius 3 is 2.50 bits per heavy atom. The first-order valence-corrected chi connectivity index (χ1v) is 13.5. The summed E-state index contributed by atoms with van der Waals surface area (Å²) in [5.74, 6) is 0.447.